The van der Waals surface area contributed by atoms with Gasteiger partial charge in [-0.3, -0.25) is 4.79 Å². The monoisotopic (exact) mass is 542 g/mol. The Morgan fingerprint density at radius 3 is 2.41 bits per heavy atom. The summed E-state index contributed by atoms with van der Waals surface area (Å²) >= 11 is 12.5. The molecular formula is C28H32Cl2N4O3. The Labute approximate surface area is 227 Å². The van der Waals surface area contributed by atoms with Crippen molar-refractivity contribution >= 4 is 40.9 Å². The van der Waals surface area contributed by atoms with E-state index in [1.807, 2.05) is 37.6 Å². The number of ether oxygens (including phenoxy) is 1. The molecule has 4 rings (SSSR count). The van der Waals surface area contributed by atoms with Gasteiger partial charge in [0.05, 0.1) is 38.9 Å². The zero-order valence-corrected chi connectivity index (χ0v) is 23.3. The molecular weight excluding hydrogens is 511 g/mol. The summed E-state index contributed by atoms with van der Waals surface area (Å²) in [6.45, 7) is 10.7. The minimum Gasteiger partial charge on any atom is -0.444 e. The Kier molecular flexibility index (Phi) is 7.85. The largest absolute Gasteiger partial charge is 0.444 e. The number of likely N-dealkylation sites (tertiary alicyclic amines) is 1. The highest BCUT2D eigenvalue weighted by molar-refractivity contribution is 6.44. The summed E-state index contributed by atoms with van der Waals surface area (Å²) in [6, 6.07) is 11.2. The van der Waals surface area contributed by atoms with Crippen molar-refractivity contribution in [1.29, 1.82) is 0 Å². The summed E-state index contributed by atoms with van der Waals surface area (Å²) in [4.78, 5) is 27.8. The lowest BCUT2D eigenvalue weighted by Gasteiger charge is -2.34. The molecule has 0 radical (unpaired) electrons. The van der Waals surface area contributed by atoms with Crippen LogP contribution in [0.1, 0.15) is 66.7 Å². The van der Waals surface area contributed by atoms with Crippen LogP contribution in [-0.4, -0.2) is 45.4 Å². The predicted molar refractivity (Wildman–Crippen MR) is 147 cm³/mol. The van der Waals surface area contributed by atoms with Crippen molar-refractivity contribution in [3.8, 4) is 5.69 Å². The average Bonchev–Trinajstić information content (AvgIpc) is 3.28. The lowest BCUT2D eigenvalue weighted by molar-refractivity contribution is 0.0203. The zero-order chi connectivity index (χ0) is 26.9. The molecule has 1 aromatic heterocycles. The lowest BCUT2D eigenvalue weighted by atomic mass is 9.90. The number of carbonyl (C=O) groups is 2. The number of rotatable bonds is 4. The third-order valence-corrected chi connectivity index (χ3v) is 7.34. The Morgan fingerprint density at radius 2 is 1.76 bits per heavy atom. The van der Waals surface area contributed by atoms with E-state index in [2.05, 4.69) is 30.3 Å². The minimum atomic E-state index is -0.553. The van der Waals surface area contributed by atoms with E-state index in [0.29, 0.717) is 42.2 Å². The van der Waals surface area contributed by atoms with Crippen LogP contribution in [0.4, 0.5) is 10.5 Å². The Balaban J connectivity index is 1.66. The molecule has 0 atom stereocenters. The number of nitrogens with zero attached hydrogens (tertiary/aromatic N) is 3. The standard InChI is InChI=1S/C28H32Cl2N4O3/c1-17-9-10-20(15-18(17)2)34-25(19-11-13-33(14-12-19)27(36)37-28(3,4)5)21(16-31-34)26(35)32-23-8-6-7-22(29)24(23)30/h6-10,15-16,19H,11-14H2,1-5H3,(H,32,35). The second kappa shape index (κ2) is 10.8. The number of carbonyl (C=O) groups excluding carboxylic acids is 2. The maximum absolute atomic E-state index is 13.5. The number of piperidine rings is 1. The van der Waals surface area contributed by atoms with Crippen LogP contribution in [0.5, 0.6) is 0 Å². The Hall–Kier alpha value is -3.03. The van der Waals surface area contributed by atoms with E-state index in [9.17, 15) is 9.59 Å². The first kappa shape index (κ1) is 27.0. The van der Waals surface area contributed by atoms with Crippen molar-refractivity contribution in [3.63, 3.8) is 0 Å². The number of hydrogen-bond donors (Lipinski definition) is 1. The second-order valence-electron chi connectivity index (χ2n) is 10.4. The number of halogens is 2. The molecule has 1 N–H and O–H groups in total. The quantitative estimate of drug-likeness (QED) is 0.379. The molecule has 7 nitrogen and oxygen atoms in total. The van der Waals surface area contributed by atoms with Gasteiger partial charge in [-0.25, -0.2) is 9.48 Å². The van der Waals surface area contributed by atoms with Crippen LogP contribution in [0.3, 0.4) is 0 Å². The first-order valence-electron chi connectivity index (χ1n) is 12.3. The van der Waals surface area contributed by atoms with E-state index in [1.54, 1.807) is 29.3 Å². The third kappa shape index (κ3) is 6.11. The summed E-state index contributed by atoms with van der Waals surface area (Å²) in [5.74, 6) is -0.304. The SMILES string of the molecule is Cc1ccc(-n2ncc(C(=O)Nc3cccc(Cl)c3Cl)c2C2CCN(C(=O)OC(C)(C)C)CC2)cc1C. The fourth-order valence-electron chi connectivity index (χ4n) is 4.44. The van der Waals surface area contributed by atoms with Crippen LogP contribution in [0, 0.1) is 13.8 Å². The molecule has 1 saturated heterocycles. The van der Waals surface area contributed by atoms with Crippen molar-refractivity contribution in [3.05, 3.63) is 75.0 Å². The number of hydrogen-bond acceptors (Lipinski definition) is 4. The average molecular weight is 543 g/mol. The number of anilines is 1. The number of amides is 2. The van der Waals surface area contributed by atoms with Gasteiger partial charge in [-0.05, 0) is 82.9 Å². The van der Waals surface area contributed by atoms with Crippen LogP contribution >= 0.6 is 23.2 Å². The van der Waals surface area contributed by atoms with E-state index in [-0.39, 0.29) is 22.9 Å². The number of aromatic nitrogens is 2. The van der Waals surface area contributed by atoms with Gasteiger partial charge in [-0.15, -0.1) is 0 Å². The molecule has 0 spiro atoms. The van der Waals surface area contributed by atoms with Crippen LogP contribution in [0.15, 0.2) is 42.6 Å². The molecule has 2 heterocycles. The van der Waals surface area contributed by atoms with Gasteiger partial charge in [-0.1, -0.05) is 35.3 Å². The molecule has 0 aliphatic carbocycles. The third-order valence-electron chi connectivity index (χ3n) is 6.52. The maximum atomic E-state index is 13.5. The van der Waals surface area contributed by atoms with Crippen molar-refractivity contribution in [2.45, 2.75) is 59.0 Å². The minimum absolute atomic E-state index is 0.0124. The molecule has 0 unspecified atom stereocenters. The molecule has 37 heavy (non-hydrogen) atoms. The second-order valence-corrected chi connectivity index (χ2v) is 11.2. The van der Waals surface area contributed by atoms with Crippen LogP contribution in [-0.2, 0) is 4.74 Å². The van der Waals surface area contributed by atoms with E-state index in [1.165, 1.54) is 5.56 Å². The molecule has 1 aliphatic rings. The predicted octanol–water partition coefficient (Wildman–Crippen LogP) is 7.16. The molecule has 196 valence electrons. The van der Waals surface area contributed by atoms with Crippen molar-refractivity contribution in [1.82, 2.24) is 14.7 Å². The van der Waals surface area contributed by atoms with Crippen LogP contribution < -0.4 is 5.32 Å². The van der Waals surface area contributed by atoms with Crippen LogP contribution in [0.25, 0.3) is 5.69 Å². The van der Waals surface area contributed by atoms with Crippen molar-refractivity contribution < 1.29 is 14.3 Å². The lowest BCUT2D eigenvalue weighted by Crippen LogP contribution is -2.41. The Morgan fingerprint density at radius 1 is 1.05 bits per heavy atom. The highest BCUT2D eigenvalue weighted by Gasteiger charge is 2.32. The highest BCUT2D eigenvalue weighted by Crippen LogP contribution is 2.35. The van der Waals surface area contributed by atoms with E-state index in [0.717, 1.165) is 16.9 Å². The first-order chi connectivity index (χ1) is 17.4. The fraction of sp³-hybridized carbons (Fsp3) is 0.393. The topological polar surface area (TPSA) is 76.5 Å². The van der Waals surface area contributed by atoms with Gasteiger partial charge >= 0.3 is 6.09 Å². The highest BCUT2D eigenvalue weighted by atomic mass is 35.5. The van der Waals surface area contributed by atoms with Gasteiger partial charge in [0, 0.05) is 19.0 Å². The van der Waals surface area contributed by atoms with Gasteiger partial charge in [0.1, 0.15) is 5.60 Å². The maximum Gasteiger partial charge on any atom is 0.410 e. The summed E-state index contributed by atoms with van der Waals surface area (Å²) in [5, 5.41) is 8.17. The van der Waals surface area contributed by atoms with Gasteiger partial charge in [0.15, 0.2) is 0 Å². The molecule has 1 aliphatic heterocycles. The van der Waals surface area contributed by atoms with Gasteiger partial charge in [0.2, 0.25) is 0 Å². The van der Waals surface area contributed by atoms with Crippen molar-refractivity contribution in [2.24, 2.45) is 0 Å². The fourth-order valence-corrected chi connectivity index (χ4v) is 4.79. The van der Waals surface area contributed by atoms with Crippen LogP contribution in [0.2, 0.25) is 10.0 Å². The Bertz CT molecular complexity index is 1320. The van der Waals surface area contributed by atoms with E-state index < -0.39 is 5.60 Å². The summed E-state index contributed by atoms with van der Waals surface area (Å²) in [6.07, 6.45) is 2.63. The number of benzene rings is 2. The van der Waals surface area contributed by atoms with E-state index >= 15 is 0 Å². The molecule has 9 heteroatoms. The molecule has 2 amide bonds. The van der Waals surface area contributed by atoms with Gasteiger partial charge in [0.25, 0.3) is 5.91 Å². The smallest absolute Gasteiger partial charge is 0.410 e. The molecule has 2 aromatic carbocycles. The number of nitrogens with one attached hydrogen (secondary N) is 1. The van der Waals surface area contributed by atoms with Gasteiger partial charge in [-0.2, -0.15) is 5.10 Å². The summed E-state index contributed by atoms with van der Waals surface area (Å²) in [7, 11) is 0. The first-order valence-corrected chi connectivity index (χ1v) is 13.1. The molecule has 0 bridgehead atoms. The molecule has 1 fully saturated rings. The number of aryl methyl sites for hydroxylation is 2. The summed E-state index contributed by atoms with van der Waals surface area (Å²) in [5.41, 5.74) is 4.35. The van der Waals surface area contributed by atoms with Gasteiger partial charge < -0.3 is 15.0 Å². The normalized spacial score (nSPS) is 14.5. The van der Waals surface area contributed by atoms with E-state index in [4.69, 9.17) is 27.9 Å². The molecule has 0 saturated carbocycles. The summed E-state index contributed by atoms with van der Waals surface area (Å²) < 4.78 is 7.39. The molecule has 3 aromatic rings. The van der Waals surface area contributed by atoms with Crippen molar-refractivity contribution in [2.75, 3.05) is 18.4 Å². The zero-order valence-electron chi connectivity index (χ0n) is 21.8.